The molecule has 1 fully saturated rings. The van der Waals surface area contributed by atoms with Crippen molar-refractivity contribution in [1.82, 2.24) is 10.2 Å². The lowest BCUT2D eigenvalue weighted by atomic mass is 10.1. The number of rotatable bonds is 7. The maximum Gasteiger partial charge on any atom is 0.222 e. The Balaban J connectivity index is 2.28. The minimum atomic E-state index is 0.331. The number of nitrogens with one attached hydrogen (secondary N) is 1. The first-order valence-electron chi connectivity index (χ1n) is 6.71. The zero-order chi connectivity index (χ0) is 12.0. The van der Waals surface area contributed by atoms with Crippen LogP contribution in [0.3, 0.4) is 0 Å². The highest BCUT2D eigenvalue weighted by Crippen LogP contribution is 2.10. The van der Waals surface area contributed by atoms with Gasteiger partial charge in [-0.1, -0.05) is 20.3 Å². The molecule has 0 aromatic rings. The van der Waals surface area contributed by atoms with E-state index in [1.54, 1.807) is 0 Å². The van der Waals surface area contributed by atoms with Gasteiger partial charge >= 0.3 is 0 Å². The van der Waals surface area contributed by atoms with Crippen LogP contribution >= 0.6 is 0 Å². The fourth-order valence-electron chi connectivity index (χ4n) is 2.44. The van der Waals surface area contributed by atoms with Crippen molar-refractivity contribution in [1.29, 1.82) is 0 Å². The smallest absolute Gasteiger partial charge is 0.222 e. The van der Waals surface area contributed by atoms with Crippen LogP contribution in [0.25, 0.3) is 0 Å². The summed E-state index contributed by atoms with van der Waals surface area (Å²) >= 11 is 0. The lowest BCUT2D eigenvalue weighted by Gasteiger charge is -2.26. The van der Waals surface area contributed by atoms with Gasteiger partial charge in [-0.2, -0.15) is 0 Å². The van der Waals surface area contributed by atoms with Crippen molar-refractivity contribution in [3.05, 3.63) is 0 Å². The molecule has 2 atom stereocenters. The van der Waals surface area contributed by atoms with E-state index in [0.717, 1.165) is 25.9 Å². The SMILES string of the molecule is CCCC(CC)NC(C)CN1CCCC1=O. The molecule has 1 rings (SSSR count). The zero-order valence-corrected chi connectivity index (χ0v) is 11.0. The largest absolute Gasteiger partial charge is 0.341 e. The van der Waals surface area contributed by atoms with Crippen LogP contribution in [-0.4, -0.2) is 36.0 Å². The molecule has 0 saturated carbocycles. The van der Waals surface area contributed by atoms with Gasteiger partial charge < -0.3 is 10.2 Å². The van der Waals surface area contributed by atoms with Gasteiger partial charge in [-0.05, 0) is 26.2 Å². The van der Waals surface area contributed by atoms with E-state index in [-0.39, 0.29) is 0 Å². The lowest BCUT2D eigenvalue weighted by Crippen LogP contribution is -2.44. The molecule has 3 heteroatoms. The molecule has 0 radical (unpaired) electrons. The summed E-state index contributed by atoms with van der Waals surface area (Å²) in [5.74, 6) is 0.331. The van der Waals surface area contributed by atoms with Gasteiger partial charge in [0.15, 0.2) is 0 Å². The second-order valence-corrected chi connectivity index (χ2v) is 4.90. The number of amides is 1. The van der Waals surface area contributed by atoms with E-state index >= 15 is 0 Å². The lowest BCUT2D eigenvalue weighted by molar-refractivity contribution is -0.127. The van der Waals surface area contributed by atoms with Gasteiger partial charge in [-0.15, -0.1) is 0 Å². The number of hydrogen-bond acceptors (Lipinski definition) is 2. The van der Waals surface area contributed by atoms with Gasteiger partial charge in [0.25, 0.3) is 0 Å². The molecule has 94 valence electrons. The molecule has 1 amide bonds. The molecule has 2 unspecified atom stereocenters. The van der Waals surface area contributed by atoms with E-state index < -0.39 is 0 Å². The van der Waals surface area contributed by atoms with Crippen molar-refractivity contribution in [3.63, 3.8) is 0 Å². The van der Waals surface area contributed by atoms with Crippen LogP contribution in [-0.2, 0) is 4.79 Å². The van der Waals surface area contributed by atoms with Crippen molar-refractivity contribution in [2.75, 3.05) is 13.1 Å². The molecule has 0 bridgehead atoms. The van der Waals surface area contributed by atoms with Gasteiger partial charge in [0.1, 0.15) is 0 Å². The molecule has 0 aliphatic carbocycles. The summed E-state index contributed by atoms with van der Waals surface area (Å²) in [6.07, 6.45) is 5.42. The Morgan fingerprint density at radius 1 is 1.44 bits per heavy atom. The Morgan fingerprint density at radius 2 is 2.19 bits per heavy atom. The first-order valence-corrected chi connectivity index (χ1v) is 6.71. The molecule has 1 aliphatic rings. The molecule has 1 aliphatic heterocycles. The fourth-order valence-corrected chi connectivity index (χ4v) is 2.44. The topological polar surface area (TPSA) is 32.3 Å². The van der Waals surface area contributed by atoms with Gasteiger partial charge in [0, 0.05) is 31.6 Å². The molecule has 1 N–H and O–H groups in total. The van der Waals surface area contributed by atoms with Crippen molar-refractivity contribution in [2.45, 2.75) is 65.0 Å². The maximum atomic E-state index is 11.5. The standard InChI is InChI=1S/C13H26N2O/c1-4-7-12(5-2)14-11(3)10-15-9-6-8-13(15)16/h11-12,14H,4-10H2,1-3H3. The highest BCUT2D eigenvalue weighted by Gasteiger charge is 2.22. The monoisotopic (exact) mass is 226 g/mol. The van der Waals surface area contributed by atoms with E-state index in [0.29, 0.717) is 18.0 Å². The molecule has 0 aromatic heterocycles. The Bertz CT molecular complexity index is 218. The minimum Gasteiger partial charge on any atom is -0.341 e. The van der Waals surface area contributed by atoms with Crippen LogP contribution in [0, 0.1) is 0 Å². The number of carbonyl (C=O) groups is 1. The summed E-state index contributed by atoms with van der Waals surface area (Å²) in [7, 11) is 0. The third-order valence-corrected chi connectivity index (χ3v) is 3.32. The molecular weight excluding hydrogens is 200 g/mol. The highest BCUT2D eigenvalue weighted by molar-refractivity contribution is 5.78. The summed E-state index contributed by atoms with van der Waals surface area (Å²) in [6.45, 7) is 8.46. The Hall–Kier alpha value is -0.570. The first-order chi connectivity index (χ1) is 7.67. The first kappa shape index (κ1) is 13.5. The predicted octanol–water partition coefficient (Wildman–Crippen LogP) is 2.17. The number of carbonyl (C=O) groups excluding carboxylic acids is 1. The quantitative estimate of drug-likeness (QED) is 0.721. The van der Waals surface area contributed by atoms with Crippen LogP contribution in [0.5, 0.6) is 0 Å². The molecule has 1 saturated heterocycles. The second-order valence-electron chi connectivity index (χ2n) is 4.90. The normalized spacial score (nSPS) is 20.2. The van der Waals surface area contributed by atoms with Crippen LogP contribution in [0.2, 0.25) is 0 Å². The van der Waals surface area contributed by atoms with Gasteiger partial charge in [0.05, 0.1) is 0 Å². The molecule has 3 nitrogen and oxygen atoms in total. The number of nitrogens with zero attached hydrogens (tertiary/aromatic N) is 1. The second kappa shape index (κ2) is 6.89. The summed E-state index contributed by atoms with van der Waals surface area (Å²) < 4.78 is 0. The van der Waals surface area contributed by atoms with E-state index in [1.807, 2.05) is 4.90 Å². The van der Waals surface area contributed by atoms with Crippen molar-refractivity contribution in [3.8, 4) is 0 Å². The Kier molecular flexibility index (Phi) is 5.81. The average Bonchev–Trinajstić information content (AvgIpc) is 2.64. The summed E-state index contributed by atoms with van der Waals surface area (Å²) in [6, 6.07) is 1.02. The van der Waals surface area contributed by atoms with Crippen molar-refractivity contribution >= 4 is 5.91 Å². The number of likely N-dealkylation sites (tertiary alicyclic amines) is 1. The fraction of sp³-hybridized carbons (Fsp3) is 0.923. The maximum absolute atomic E-state index is 11.5. The van der Waals surface area contributed by atoms with Crippen molar-refractivity contribution < 1.29 is 4.79 Å². The molecule has 1 heterocycles. The molecule has 0 aromatic carbocycles. The highest BCUT2D eigenvalue weighted by atomic mass is 16.2. The van der Waals surface area contributed by atoms with Crippen LogP contribution in [0.1, 0.15) is 52.9 Å². The summed E-state index contributed by atoms with van der Waals surface area (Å²) in [4.78, 5) is 13.5. The van der Waals surface area contributed by atoms with Crippen LogP contribution in [0.4, 0.5) is 0 Å². The zero-order valence-electron chi connectivity index (χ0n) is 11.0. The number of hydrogen-bond donors (Lipinski definition) is 1. The van der Waals surface area contributed by atoms with Crippen molar-refractivity contribution in [2.24, 2.45) is 0 Å². The van der Waals surface area contributed by atoms with E-state index in [9.17, 15) is 4.79 Å². The Morgan fingerprint density at radius 3 is 2.69 bits per heavy atom. The minimum absolute atomic E-state index is 0.331. The van der Waals surface area contributed by atoms with Gasteiger partial charge in [-0.3, -0.25) is 4.79 Å². The van der Waals surface area contributed by atoms with Crippen LogP contribution < -0.4 is 5.32 Å². The summed E-state index contributed by atoms with van der Waals surface area (Å²) in [5.41, 5.74) is 0. The third-order valence-electron chi connectivity index (χ3n) is 3.32. The third kappa shape index (κ3) is 4.12. The van der Waals surface area contributed by atoms with Gasteiger partial charge in [-0.25, -0.2) is 0 Å². The molecular formula is C13H26N2O. The van der Waals surface area contributed by atoms with E-state index in [1.165, 1.54) is 19.3 Å². The average molecular weight is 226 g/mol. The summed E-state index contributed by atoms with van der Waals surface area (Å²) in [5, 5.41) is 3.62. The Labute approximate surface area is 99.6 Å². The van der Waals surface area contributed by atoms with E-state index in [2.05, 4.69) is 26.1 Å². The van der Waals surface area contributed by atoms with E-state index in [4.69, 9.17) is 0 Å². The van der Waals surface area contributed by atoms with Gasteiger partial charge in [0.2, 0.25) is 5.91 Å². The predicted molar refractivity (Wildman–Crippen MR) is 67.4 cm³/mol. The van der Waals surface area contributed by atoms with Crippen LogP contribution in [0.15, 0.2) is 0 Å². The molecule has 16 heavy (non-hydrogen) atoms. The molecule has 0 spiro atoms.